The summed E-state index contributed by atoms with van der Waals surface area (Å²) < 4.78 is 32.7. The number of rotatable bonds is 8. The molecule has 0 bridgehead atoms. The quantitative estimate of drug-likeness (QED) is 0.648. The van der Waals surface area contributed by atoms with Crippen molar-refractivity contribution < 1.29 is 22.5 Å². The zero-order valence-corrected chi connectivity index (χ0v) is 18.0. The maximum atomic E-state index is 12.8. The van der Waals surface area contributed by atoms with E-state index in [0.29, 0.717) is 19.5 Å². The second-order valence-corrected chi connectivity index (χ2v) is 9.06. The van der Waals surface area contributed by atoms with Crippen LogP contribution in [0, 0.1) is 13.8 Å². The highest BCUT2D eigenvalue weighted by Gasteiger charge is 2.30. The van der Waals surface area contributed by atoms with Crippen molar-refractivity contribution in [2.75, 3.05) is 13.1 Å². The highest BCUT2D eigenvalue weighted by Crippen LogP contribution is 2.20. The highest BCUT2D eigenvalue weighted by molar-refractivity contribution is 7.89. The fourth-order valence-electron chi connectivity index (χ4n) is 3.54. The molecular formula is C20H26N4O5S. The molecule has 30 heavy (non-hydrogen) atoms. The third-order valence-electron chi connectivity index (χ3n) is 5.05. The third-order valence-corrected chi connectivity index (χ3v) is 6.84. The zero-order chi connectivity index (χ0) is 21.9. The molecule has 2 atom stereocenters. The van der Waals surface area contributed by atoms with E-state index in [1.54, 1.807) is 4.90 Å². The Labute approximate surface area is 175 Å². The molecule has 1 aliphatic heterocycles. The van der Waals surface area contributed by atoms with Gasteiger partial charge in [-0.2, -0.15) is 4.72 Å². The van der Waals surface area contributed by atoms with E-state index in [-0.39, 0.29) is 22.3 Å². The summed E-state index contributed by atoms with van der Waals surface area (Å²) >= 11 is 0. The smallest absolute Gasteiger partial charge is 0.246 e. The number of hydrogen-bond acceptors (Lipinski definition) is 6. The number of sulfonamides is 1. The summed E-state index contributed by atoms with van der Waals surface area (Å²) in [5.74, 6) is -0.287. The minimum Gasteiger partial charge on any atom is -0.360 e. The van der Waals surface area contributed by atoms with Crippen molar-refractivity contribution in [3.63, 3.8) is 0 Å². The first kappa shape index (κ1) is 22.0. The van der Waals surface area contributed by atoms with E-state index in [1.807, 2.05) is 30.3 Å². The van der Waals surface area contributed by atoms with E-state index in [4.69, 9.17) is 4.52 Å². The summed E-state index contributed by atoms with van der Waals surface area (Å²) in [7, 11) is -3.99. The second kappa shape index (κ2) is 8.97. The van der Waals surface area contributed by atoms with Gasteiger partial charge in [0.1, 0.15) is 10.6 Å². The average Bonchev–Trinajstić information content (AvgIpc) is 3.26. The second-order valence-electron chi connectivity index (χ2n) is 7.41. The van der Waals surface area contributed by atoms with Gasteiger partial charge in [0.05, 0.1) is 12.1 Å². The molecule has 0 radical (unpaired) electrons. The van der Waals surface area contributed by atoms with Gasteiger partial charge < -0.3 is 14.7 Å². The van der Waals surface area contributed by atoms with Crippen molar-refractivity contribution in [1.29, 1.82) is 0 Å². The Morgan fingerprint density at radius 1 is 1.27 bits per heavy atom. The van der Waals surface area contributed by atoms with Gasteiger partial charge in [0.15, 0.2) is 5.76 Å². The summed E-state index contributed by atoms with van der Waals surface area (Å²) in [5, 5.41) is 6.53. The van der Waals surface area contributed by atoms with Crippen LogP contribution in [0.2, 0.25) is 0 Å². The van der Waals surface area contributed by atoms with Crippen molar-refractivity contribution >= 4 is 21.8 Å². The molecule has 9 nitrogen and oxygen atoms in total. The van der Waals surface area contributed by atoms with E-state index in [0.717, 1.165) is 12.0 Å². The van der Waals surface area contributed by atoms with Crippen LogP contribution in [0.5, 0.6) is 0 Å². The van der Waals surface area contributed by atoms with Gasteiger partial charge in [0.25, 0.3) is 0 Å². The molecule has 1 aliphatic rings. The first-order chi connectivity index (χ1) is 14.2. The molecule has 1 fully saturated rings. The Balaban J connectivity index is 1.74. The minimum absolute atomic E-state index is 0.0531. The van der Waals surface area contributed by atoms with Gasteiger partial charge in [0, 0.05) is 19.5 Å². The number of hydrogen-bond donors (Lipinski definition) is 2. The van der Waals surface area contributed by atoms with Crippen LogP contribution in [-0.2, 0) is 19.6 Å². The fraction of sp³-hybridized carbons (Fsp3) is 0.450. The number of benzene rings is 1. The maximum absolute atomic E-state index is 12.8. The van der Waals surface area contributed by atoms with Crippen molar-refractivity contribution in [3.8, 4) is 0 Å². The summed E-state index contributed by atoms with van der Waals surface area (Å²) in [6.07, 6.45) is 1.30. The Morgan fingerprint density at radius 2 is 1.97 bits per heavy atom. The van der Waals surface area contributed by atoms with Crippen LogP contribution < -0.4 is 10.0 Å². The van der Waals surface area contributed by atoms with Crippen molar-refractivity contribution in [2.45, 2.75) is 50.6 Å². The summed E-state index contributed by atoms with van der Waals surface area (Å²) in [4.78, 5) is 26.5. The Morgan fingerprint density at radius 3 is 2.53 bits per heavy atom. The van der Waals surface area contributed by atoms with Crippen molar-refractivity contribution in [1.82, 2.24) is 20.1 Å². The van der Waals surface area contributed by atoms with Gasteiger partial charge in [0.2, 0.25) is 21.8 Å². The van der Waals surface area contributed by atoms with Crippen LogP contribution in [-0.4, -0.2) is 49.4 Å². The normalized spacial score (nSPS) is 16.5. The van der Waals surface area contributed by atoms with Crippen LogP contribution in [0.25, 0.3) is 0 Å². The molecule has 1 unspecified atom stereocenters. The molecule has 10 heteroatoms. The Hall–Kier alpha value is -2.72. The van der Waals surface area contributed by atoms with Crippen molar-refractivity contribution in [2.24, 2.45) is 0 Å². The van der Waals surface area contributed by atoms with E-state index in [2.05, 4.69) is 15.2 Å². The molecule has 0 aliphatic carbocycles. The van der Waals surface area contributed by atoms with Gasteiger partial charge in [-0.15, -0.1) is 0 Å². The average molecular weight is 435 g/mol. The lowest BCUT2D eigenvalue weighted by molar-refractivity contribution is -0.129. The molecule has 2 aromatic rings. The molecular weight excluding hydrogens is 408 g/mol. The molecule has 162 valence electrons. The standard InChI is InChI=1S/C20H26N4O5S/c1-13-19(15(3)29-22-13)30(27,28)23-14(2)20(26)21-17(16-8-5-4-6-9-16)12-24-11-7-10-18(24)25/h4-6,8-9,14,17,23H,7,10-12H2,1-3H3,(H,21,26)/t14-,17?/m0/s1. The molecule has 0 saturated carbocycles. The Kier molecular flexibility index (Phi) is 6.57. The predicted molar refractivity (Wildman–Crippen MR) is 109 cm³/mol. The van der Waals surface area contributed by atoms with Gasteiger partial charge in [-0.05, 0) is 32.8 Å². The monoisotopic (exact) mass is 434 g/mol. The SMILES string of the molecule is Cc1noc(C)c1S(=O)(=O)N[C@@H](C)C(=O)NC(CN1CCCC1=O)c1ccccc1. The van der Waals surface area contributed by atoms with Crippen LogP contribution in [0.3, 0.4) is 0 Å². The number of carbonyl (C=O) groups excluding carboxylic acids is 2. The number of likely N-dealkylation sites (tertiary alicyclic amines) is 1. The lowest BCUT2D eigenvalue weighted by Gasteiger charge is -2.26. The number of nitrogens with one attached hydrogen (secondary N) is 2. The summed E-state index contributed by atoms with van der Waals surface area (Å²) in [5.41, 5.74) is 1.06. The third kappa shape index (κ3) is 4.88. The summed E-state index contributed by atoms with van der Waals surface area (Å²) in [6.45, 7) is 5.46. The fourth-order valence-corrected chi connectivity index (χ4v) is 5.07. The first-order valence-corrected chi connectivity index (χ1v) is 11.3. The molecule has 0 spiro atoms. The predicted octanol–water partition coefficient (Wildman–Crippen LogP) is 1.44. The molecule has 3 rings (SSSR count). The maximum Gasteiger partial charge on any atom is 0.246 e. The molecule has 2 N–H and O–H groups in total. The number of aromatic nitrogens is 1. The summed E-state index contributed by atoms with van der Waals surface area (Å²) in [6, 6.07) is 7.81. The Bertz CT molecular complexity index is 1000. The van der Waals surface area contributed by atoms with Gasteiger partial charge in [-0.1, -0.05) is 35.5 Å². The molecule has 1 aromatic heterocycles. The number of nitrogens with zero attached hydrogens (tertiary/aromatic N) is 2. The number of amides is 2. The lowest BCUT2D eigenvalue weighted by atomic mass is 10.1. The molecule has 1 saturated heterocycles. The number of carbonyl (C=O) groups is 2. The van der Waals surface area contributed by atoms with Crippen LogP contribution >= 0.6 is 0 Å². The largest absolute Gasteiger partial charge is 0.360 e. The van der Waals surface area contributed by atoms with E-state index in [1.165, 1.54) is 20.8 Å². The van der Waals surface area contributed by atoms with Crippen molar-refractivity contribution in [3.05, 3.63) is 47.3 Å². The molecule has 1 aromatic carbocycles. The highest BCUT2D eigenvalue weighted by atomic mass is 32.2. The van der Waals surface area contributed by atoms with Gasteiger partial charge in [-0.3, -0.25) is 9.59 Å². The molecule has 2 heterocycles. The minimum atomic E-state index is -3.99. The van der Waals surface area contributed by atoms with E-state index in [9.17, 15) is 18.0 Å². The topological polar surface area (TPSA) is 122 Å². The van der Waals surface area contributed by atoms with Gasteiger partial charge >= 0.3 is 0 Å². The first-order valence-electron chi connectivity index (χ1n) is 9.77. The van der Waals surface area contributed by atoms with E-state index >= 15 is 0 Å². The van der Waals surface area contributed by atoms with Crippen LogP contribution in [0.15, 0.2) is 39.8 Å². The zero-order valence-electron chi connectivity index (χ0n) is 17.2. The molecule has 2 amide bonds. The number of aryl methyl sites for hydroxylation is 2. The van der Waals surface area contributed by atoms with Crippen LogP contribution in [0.1, 0.15) is 42.8 Å². The van der Waals surface area contributed by atoms with Gasteiger partial charge in [-0.25, -0.2) is 8.42 Å². The lowest BCUT2D eigenvalue weighted by Crippen LogP contribution is -2.48. The van der Waals surface area contributed by atoms with Crippen LogP contribution in [0.4, 0.5) is 0 Å². The van der Waals surface area contributed by atoms with E-state index < -0.39 is 28.0 Å².